The average molecular weight is 465 g/mol. The second-order valence-electron chi connectivity index (χ2n) is 7.27. The minimum absolute atomic E-state index is 0.205. The highest BCUT2D eigenvalue weighted by molar-refractivity contribution is 6.30. The Morgan fingerprint density at radius 3 is 2.67 bits per heavy atom. The largest absolute Gasteiger partial charge is 0.464 e. The van der Waals surface area contributed by atoms with E-state index in [2.05, 4.69) is 15.2 Å². The molecule has 0 saturated carbocycles. The van der Waals surface area contributed by atoms with Crippen LogP contribution in [0.5, 0.6) is 6.01 Å². The Labute approximate surface area is 192 Å². The lowest BCUT2D eigenvalue weighted by atomic mass is 10.2. The third-order valence-corrected chi connectivity index (χ3v) is 5.32. The molecule has 0 unspecified atom stereocenters. The van der Waals surface area contributed by atoms with Gasteiger partial charge in [-0.25, -0.2) is 18.4 Å². The van der Waals surface area contributed by atoms with Crippen molar-refractivity contribution in [3.05, 3.63) is 94.0 Å². The van der Waals surface area contributed by atoms with Crippen molar-refractivity contribution in [1.82, 2.24) is 29.1 Å². The molecular formula is C23H18ClFN6O2. The molecule has 0 amide bonds. The second-order valence-corrected chi connectivity index (χ2v) is 7.70. The third kappa shape index (κ3) is 3.98. The van der Waals surface area contributed by atoms with E-state index >= 15 is 0 Å². The zero-order valence-corrected chi connectivity index (χ0v) is 18.3. The van der Waals surface area contributed by atoms with Gasteiger partial charge in [0.1, 0.15) is 5.82 Å². The van der Waals surface area contributed by atoms with Gasteiger partial charge in [0.2, 0.25) is 0 Å². The van der Waals surface area contributed by atoms with Gasteiger partial charge in [-0.15, -0.1) is 5.10 Å². The molecule has 0 saturated heterocycles. The first kappa shape index (κ1) is 20.9. The number of halogens is 2. The van der Waals surface area contributed by atoms with Crippen LogP contribution >= 0.6 is 11.6 Å². The summed E-state index contributed by atoms with van der Waals surface area (Å²) in [5, 5.41) is 10.2. The van der Waals surface area contributed by atoms with Gasteiger partial charge < -0.3 is 4.74 Å². The normalized spacial score (nSPS) is 11.2. The number of ether oxygens (including phenoxy) is 1. The molecule has 5 aromatic rings. The maximum absolute atomic E-state index is 13.6. The molecule has 0 fully saturated rings. The van der Waals surface area contributed by atoms with Crippen LogP contribution < -0.4 is 10.4 Å². The summed E-state index contributed by atoms with van der Waals surface area (Å²) in [5.41, 5.74) is 2.14. The minimum atomic E-state index is -0.467. The standard InChI is InChI=1S/C23H18ClFN6O2/c1-2-33-22-28-31(23(32)29(22)13-15-6-8-16(24)9-7-15)21-5-3-4-20-19(21)14-30(27-20)18-10-17(25)11-26-12-18/h3-12,14H,2,13H2,1H3. The number of hydrogen-bond donors (Lipinski definition) is 0. The molecular weight excluding hydrogens is 447 g/mol. The van der Waals surface area contributed by atoms with E-state index in [1.165, 1.54) is 26.2 Å². The Kier molecular flexibility index (Phi) is 5.39. The molecule has 10 heteroatoms. The van der Waals surface area contributed by atoms with Crippen LogP contribution in [0.2, 0.25) is 5.02 Å². The number of fused-ring (bicyclic) bond motifs is 1. The van der Waals surface area contributed by atoms with E-state index < -0.39 is 5.82 Å². The number of hydrogen-bond acceptors (Lipinski definition) is 5. The van der Waals surface area contributed by atoms with Crippen LogP contribution in [0.25, 0.3) is 22.3 Å². The molecule has 0 N–H and O–H groups in total. The molecule has 5 rings (SSSR count). The fourth-order valence-electron chi connectivity index (χ4n) is 3.55. The zero-order valence-electron chi connectivity index (χ0n) is 17.5. The van der Waals surface area contributed by atoms with Crippen LogP contribution in [0.4, 0.5) is 4.39 Å². The molecule has 3 heterocycles. The first-order chi connectivity index (χ1) is 16.0. The van der Waals surface area contributed by atoms with E-state index in [-0.39, 0.29) is 18.2 Å². The molecule has 0 radical (unpaired) electrons. The highest BCUT2D eigenvalue weighted by atomic mass is 35.5. The first-order valence-corrected chi connectivity index (χ1v) is 10.6. The van der Waals surface area contributed by atoms with Crippen LogP contribution in [0, 0.1) is 5.82 Å². The summed E-state index contributed by atoms with van der Waals surface area (Å²) in [7, 11) is 0. The van der Waals surface area contributed by atoms with Crippen molar-refractivity contribution in [3.63, 3.8) is 0 Å². The highest BCUT2D eigenvalue weighted by Crippen LogP contribution is 2.23. The summed E-state index contributed by atoms with van der Waals surface area (Å²) in [6.07, 6.45) is 4.35. The van der Waals surface area contributed by atoms with Gasteiger partial charge in [0.25, 0.3) is 0 Å². The fraction of sp³-hybridized carbons (Fsp3) is 0.130. The third-order valence-electron chi connectivity index (χ3n) is 5.07. The Morgan fingerprint density at radius 1 is 1.09 bits per heavy atom. The monoisotopic (exact) mass is 464 g/mol. The molecule has 0 bridgehead atoms. The van der Waals surface area contributed by atoms with Gasteiger partial charge in [-0.05, 0) is 36.8 Å². The van der Waals surface area contributed by atoms with E-state index in [1.807, 2.05) is 19.1 Å². The van der Waals surface area contributed by atoms with Crippen molar-refractivity contribution < 1.29 is 9.13 Å². The van der Waals surface area contributed by atoms with E-state index in [0.717, 1.165) is 11.8 Å². The Balaban J connectivity index is 1.62. The van der Waals surface area contributed by atoms with Crippen LogP contribution in [0.1, 0.15) is 12.5 Å². The van der Waals surface area contributed by atoms with Gasteiger partial charge in [-0.2, -0.15) is 9.78 Å². The van der Waals surface area contributed by atoms with E-state index in [0.29, 0.717) is 33.9 Å². The van der Waals surface area contributed by atoms with E-state index in [9.17, 15) is 9.18 Å². The molecule has 0 aliphatic heterocycles. The van der Waals surface area contributed by atoms with Gasteiger partial charge in [0.15, 0.2) is 0 Å². The Bertz CT molecular complexity index is 1510. The van der Waals surface area contributed by atoms with Gasteiger partial charge in [-0.3, -0.25) is 4.98 Å². The van der Waals surface area contributed by atoms with Gasteiger partial charge in [0, 0.05) is 22.7 Å². The van der Waals surface area contributed by atoms with Crippen LogP contribution in [0.3, 0.4) is 0 Å². The van der Waals surface area contributed by atoms with Crippen molar-refractivity contribution in [3.8, 4) is 17.4 Å². The molecule has 0 aliphatic rings. The van der Waals surface area contributed by atoms with Crippen molar-refractivity contribution in [2.75, 3.05) is 6.61 Å². The highest BCUT2D eigenvalue weighted by Gasteiger charge is 2.19. The number of nitrogens with zero attached hydrogens (tertiary/aromatic N) is 6. The number of benzene rings is 2. The predicted molar refractivity (Wildman–Crippen MR) is 122 cm³/mol. The van der Waals surface area contributed by atoms with Crippen molar-refractivity contribution in [1.29, 1.82) is 0 Å². The topological polar surface area (TPSA) is 79.8 Å². The maximum atomic E-state index is 13.6. The molecule has 3 aromatic heterocycles. The van der Waals surface area contributed by atoms with Crippen molar-refractivity contribution >= 4 is 22.5 Å². The number of rotatable bonds is 6. The maximum Gasteiger partial charge on any atom is 0.353 e. The Hall–Kier alpha value is -3.98. The second kappa shape index (κ2) is 8.51. The zero-order chi connectivity index (χ0) is 22.9. The van der Waals surface area contributed by atoms with Crippen LogP contribution in [-0.4, -0.2) is 35.7 Å². The summed E-state index contributed by atoms with van der Waals surface area (Å²) in [4.78, 5) is 17.2. The Morgan fingerprint density at radius 2 is 1.91 bits per heavy atom. The fourth-order valence-corrected chi connectivity index (χ4v) is 3.68. The van der Waals surface area contributed by atoms with E-state index in [4.69, 9.17) is 16.3 Å². The summed E-state index contributed by atoms with van der Waals surface area (Å²) < 4.78 is 23.6. The van der Waals surface area contributed by atoms with Crippen molar-refractivity contribution in [2.45, 2.75) is 13.5 Å². The van der Waals surface area contributed by atoms with Gasteiger partial charge >= 0.3 is 11.7 Å². The predicted octanol–water partition coefficient (Wildman–Crippen LogP) is 4.01. The SMILES string of the molecule is CCOc1nn(-c2cccc3nn(-c4cncc(F)c4)cc23)c(=O)n1Cc1ccc(Cl)cc1. The lowest BCUT2D eigenvalue weighted by Crippen LogP contribution is -2.24. The molecule has 0 spiro atoms. The molecule has 166 valence electrons. The van der Waals surface area contributed by atoms with Gasteiger partial charge in [-0.1, -0.05) is 29.8 Å². The van der Waals surface area contributed by atoms with Gasteiger partial charge in [0.05, 0.1) is 42.4 Å². The molecule has 0 atom stereocenters. The lowest BCUT2D eigenvalue weighted by Gasteiger charge is -2.05. The average Bonchev–Trinajstić information content (AvgIpc) is 3.38. The smallest absolute Gasteiger partial charge is 0.353 e. The first-order valence-electron chi connectivity index (χ1n) is 10.2. The summed E-state index contributed by atoms with van der Waals surface area (Å²) >= 11 is 5.98. The molecule has 8 nitrogen and oxygen atoms in total. The molecule has 0 aliphatic carbocycles. The summed E-state index contributed by atoms with van der Waals surface area (Å²) in [5.74, 6) is -0.467. The quantitative estimate of drug-likeness (QED) is 0.379. The van der Waals surface area contributed by atoms with E-state index in [1.54, 1.807) is 36.5 Å². The molecule has 2 aromatic carbocycles. The minimum Gasteiger partial charge on any atom is -0.464 e. The van der Waals surface area contributed by atoms with Crippen molar-refractivity contribution in [2.24, 2.45) is 0 Å². The van der Waals surface area contributed by atoms with Crippen LogP contribution in [-0.2, 0) is 6.54 Å². The lowest BCUT2D eigenvalue weighted by molar-refractivity contribution is 0.296. The number of pyridine rings is 1. The van der Waals surface area contributed by atoms with Crippen LogP contribution in [0.15, 0.2) is 71.9 Å². The number of aromatic nitrogens is 6. The summed E-state index contributed by atoms with van der Waals surface area (Å²) in [6, 6.07) is 14.1. The summed E-state index contributed by atoms with van der Waals surface area (Å²) in [6.45, 7) is 2.45. The molecule has 33 heavy (non-hydrogen) atoms.